The number of carbonyl (C=O) groups is 1. The zero-order valence-corrected chi connectivity index (χ0v) is 12.4. The third kappa shape index (κ3) is 3.88. The highest BCUT2D eigenvalue weighted by molar-refractivity contribution is 7.89. The first kappa shape index (κ1) is 15.2. The number of nitrogens with one attached hydrogen (secondary N) is 2. The molecule has 1 aliphatic rings. The Morgan fingerprint density at radius 1 is 1.45 bits per heavy atom. The first-order chi connectivity index (χ1) is 9.49. The second-order valence-corrected chi connectivity index (χ2v) is 6.83. The molecule has 1 aromatic rings. The van der Waals surface area contributed by atoms with E-state index in [4.69, 9.17) is 0 Å². The number of sulfonamides is 1. The number of benzene rings is 1. The molecule has 1 aliphatic heterocycles. The average Bonchev–Trinajstić information content (AvgIpc) is 2.92. The van der Waals surface area contributed by atoms with Gasteiger partial charge < -0.3 is 5.32 Å². The van der Waals surface area contributed by atoms with Crippen LogP contribution in [0, 0.1) is 0 Å². The Morgan fingerprint density at radius 2 is 2.25 bits per heavy atom. The van der Waals surface area contributed by atoms with Crippen LogP contribution in [-0.2, 0) is 10.0 Å². The van der Waals surface area contributed by atoms with Crippen molar-refractivity contribution < 1.29 is 13.2 Å². The van der Waals surface area contributed by atoms with Crippen LogP contribution in [0.2, 0.25) is 0 Å². The van der Waals surface area contributed by atoms with E-state index in [1.54, 1.807) is 12.1 Å². The quantitative estimate of drug-likeness (QED) is 0.776. The van der Waals surface area contributed by atoms with Crippen LogP contribution in [0.4, 0.5) is 0 Å². The number of ketones is 1. The minimum absolute atomic E-state index is 0.141. The van der Waals surface area contributed by atoms with Crippen LogP contribution in [0.5, 0.6) is 0 Å². The number of carbonyl (C=O) groups excluding carboxylic acids is 1. The molecule has 110 valence electrons. The molecule has 1 saturated heterocycles. The predicted octanol–water partition coefficient (Wildman–Crippen LogP) is 1.31. The molecule has 6 heteroatoms. The summed E-state index contributed by atoms with van der Waals surface area (Å²) in [5.41, 5.74) is 0.408. The number of Topliss-reactive ketones (excluding diaryl/α,β-unsaturated/α-hetero) is 1. The molecule has 1 aromatic carbocycles. The van der Waals surface area contributed by atoms with Crippen molar-refractivity contribution in [1.29, 1.82) is 0 Å². The third-order valence-electron chi connectivity index (χ3n) is 3.50. The number of rotatable bonds is 6. The summed E-state index contributed by atoms with van der Waals surface area (Å²) in [6.07, 6.45) is 3.03. The summed E-state index contributed by atoms with van der Waals surface area (Å²) in [5.74, 6) is -0.141. The molecule has 2 rings (SSSR count). The fraction of sp³-hybridized carbons (Fsp3) is 0.500. The molecule has 0 aliphatic carbocycles. The van der Waals surface area contributed by atoms with E-state index in [-0.39, 0.29) is 10.7 Å². The molecule has 5 nitrogen and oxygen atoms in total. The van der Waals surface area contributed by atoms with Crippen molar-refractivity contribution in [3.63, 3.8) is 0 Å². The molecule has 0 saturated carbocycles. The van der Waals surface area contributed by atoms with Gasteiger partial charge in [-0.2, -0.15) is 0 Å². The summed E-state index contributed by atoms with van der Waals surface area (Å²) >= 11 is 0. The second kappa shape index (κ2) is 6.47. The maximum absolute atomic E-state index is 12.1. The monoisotopic (exact) mass is 296 g/mol. The molecule has 1 atom stereocenters. The van der Waals surface area contributed by atoms with Crippen LogP contribution < -0.4 is 10.0 Å². The smallest absolute Gasteiger partial charge is 0.240 e. The lowest BCUT2D eigenvalue weighted by Gasteiger charge is -2.11. The van der Waals surface area contributed by atoms with Gasteiger partial charge in [0.05, 0.1) is 4.90 Å². The summed E-state index contributed by atoms with van der Waals surface area (Å²) in [4.78, 5) is 11.4. The lowest BCUT2D eigenvalue weighted by molar-refractivity contribution is 0.101. The van der Waals surface area contributed by atoms with Crippen LogP contribution in [0.3, 0.4) is 0 Å². The molecule has 1 unspecified atom stereocenters. The van der Waals surface area contributed by atoms with Crippen molar-refractivity contribution in [3.05, 3.63) is 29.8 Å². The van der Waals surface area contributed by atoms with Gasteiger partial charge in [0, 0.05) is 18.2 Å². The average molecular weight is 296 g/mol. The Kier molecular flexibility index (Phi) is 4.91. The largest absolute Gasteiger partial charge is 0.314 e. The van der Waals surface area contributed by atoms with E-state index in [2.05, 4.69) is 10.0 Å². The van der Waals surface area contributed by atoms with Crippen LogP contribution >= 0.6 is 0 Å². The van der Waals surface area contributed by atoms with E-state index < -0.39 is 10.0 Å². The van der Waals surface area contributed by atoms with Gasteiger partial charge >= 0.3 is 0 Å². The summed E-state index contributed by atoms with van der Waals surface area (Å²) in [7, 11) is -3.54. The van der Waals surface area contributed by atoms with Crippen LogP contribution in [-0.4, -0.2) is 33.3 Å². The Labute approximate surface area is 119 Å². The topological polar surface area (TPSA) is 75.3 Å². The van der Waals surface area contributed by atoms with Gasteiger partial charge in [-0.3, -0.25) is 4.79 Å². The fourth-order valence-corrected chi connectivity index (χ4v) is 3.43. The second-order valence-electron chi connectivity index (χ2n) is 5.06. The van der Waals surface area contributed by atoms with Crippen molar-refractivity contribution in [2.24, 2.45) is 0 Å². The minimum atomic E-state index is -3.54. The summed E-state index contributed by atoms with van der Waals surface area (Å²) in [6, 6.07) is 6.52. The number of hydrogen-bond acceptors (Lipinski definition) is 4. The fourth-order valence-electron chi connectivity index (χ4n) is 2.34. The highest BCUT2D eigenvalue weighted by Gasteiger charge is 2.17. The van der Waals surface area contributed by atoms with Gasteiger partial charge in [-0.25, -0.2) is 13.1 Å². The van der Waals surface area contributed by atoms with Gasteiger partial charge in [-0.15, -0.1) is 0 Å². The first-order valence-corrected chi connectivity index (χ1v) is 8.31. The summed E-state index contributed by atoms with van der Waals surface area (Å²) < 4.78 is 26.9. The predicted molar refractivity (Wildman–Crippen MR) is 77.3 cm³/mol. The van der Waals surface area contributed by atoms with E-state index >= 15 is 0 Å². The van der Waals surface area contributed by atoms with Crippen molar-refractivity contribution in [1.82, 2.24) is 10.0 Å². The van der Waals surface area contributed by atoms with Crippen molar-refractivity contribution in [2.75, 3.05) is 13.1 Å². The molecule has 1 fully saturated rings. The Balaban J connectivity index is 1.98. The maximum Gasteiger partial charge on any atom is 0.240 e. The van der Waals surface area contributed by atoms with E-state index in [1.807, 2.05) is 0 Å². The summed E-state index contributed by atoms with van der Waals surface area (Å²) in [6.45, 7) is 2.84. The molecule has 2 N–H and O–H groups in total. The zero-order valence-electron chi connectivity index (χ0n) is 11.6. The highest BCUT2D eigenvalue weighted by Crippen LogP contribution is 2.13. The van der Waals surface area contributed by atoms with Crippen LogP contribution in [0.1, 0.15) is 36.5 Å². The van der Waals surface area contributed by atoms with Gasteiger partial charge in [0.25, 0.3) is 0 Å². The summed E-state index contributed by atoms with van der Waals surface area (Å²) in [5, 5.41) is 3.33. The van der Waals surface area contributed by atoms with E-state index in [0.717, 1.165) is 25.8 Å². The van der Waals surface area contributed by atoms with Gasteiger partial charge in [-0.1, -0.05) is 12.1 Å². The maximum atomic E-state index is 12.1. The SMILES string of the molecule is CC(=O)c1cccc(S(=O)(=O)NCCC2CCCN2)c1. The molecule has 0 amide bonds. The van der Waals surface area contributed by atoms with Crippen LogP contribution in [0.15, 0.2) is 29.2 Å². The van der Waals surface area contributed by atoms with E-state index in [1.165, 1.54) is 19.1 Å². The van der Waals surface area contributed by atoms with Gasteiger partial charge in [-0.05, 0) is 44.9 Å². The number of hydrogen-bond donors (Lipinski definition) is 2. The van der Waals surface area contributed by atoms with Gasteiger partial charge in [0.15, 0.2) is 5.78 Å². The van der Waals surface area contributed by atoms with E-state index in [9.17, 15) is 13.2 Å². The molecular formula is C14H20N2O3S. The Bertz CT molecular complexity index is 578. The molecule has 0 bridgehead atoms. The normalized spacial score (nSPS) is 19.1. The standard InChI is InChI=1S/C14H20N2O3S/c1-11(17)12-4-2-6-14(10-12)20(18,19)16-9-7-13-5-3-8-15-13/h2,4,6,10,13,15-16H,3,5,7-9H2,1H3. The Hall–Kier alpha value is -1.24. The van der Waals surface area contributed by atoms with Crippen molar-refractivity contribution in [2.45, 2.75) is 37.1 Å². The molecule has 1 heterocycles. The Morgan fingerprint density at radius 3 is 2.90 bits per heavy atom. The lowest BCUT2D eigenvalue weighted by atomic mass is 10.2. The van der Waals surface area contributed by atoms with Crippen molar-refractivity contribution >= 4 is 15.8 Å². The zero-order chi connectivity index (χ0) is 14.6. The molecular weight excluding hydrogens is 276 g/mol. The lowest BCUT2D eigenvalue weighted by Crippen LogP contribution is -2.30. The third-order valence-corrected chi connectivity index (χ3v) is 4.96. The first-order valence-electron chi connectivity index (χ1n) is 6.83. The van der Waals surface area contributed by atoms with Gasteiger partial charge in [0.1, 0.15) is 0 Å². The van der Waals surface area contributed by atoms with E-state index in [0.29, 0.717) is 18.2 Å². The highest BCUT2D eigenvalue weighted by atomic mass is 32.2. The molecule has 0 aromatic heterocycles. The van der Waals surface area contributed by atoms with Crippen LogP contribution in [0.25, 0.3) is 0 Å². The van der Waals surface area contributed by atoms with Gasteiger partial charge in [0.2, 0.25) is 10.0 Å². The van der Waals surface area contributed by atoms with Crippen molar-refractivity contribution in [3.8, 4) is 0 Å². The molecule has 0 radical (unpaired) electrons. The molecule has 20 heavy (non-hydrogen) atoms. The minimum Gasteiger partial charge on any atom is -0.314 e. The molecule has 0 spiro atoms.